The third-order valence-electron chi connectivity index (χ3n) is 3.53. The Labute approximate surface area is 160 Å². The Morgan fingerprint density at radius 3 is 2.14 bits per heavy atom. The summed E-state index contributed by atoms with van der Waals surface area (Å²) >= 11 is 1.17. The van der Waals surface area contributed by atoms with Crippen LogP contribution in [0.3, 0.4) is 0 Å². The second kappa shape index (κ2) is 8.31. The molecular weight excluding hydrogens is 401 g/mol. The largest absolute Gasteiger partial charge is 0.490 e. The molecule has 0 radical (unpaired) electrons. The highest BCUT2D eigenvalue weighted by Gasteiger charge is 2.38. The van der Waals surface area contributed by atoms with E-state index in [0.717, 1.165) is 0 Å². The summed E-state index contributed by atoms with van der Waals surface area (Å²) in [4.78, 5) is 45.9. The van der Waals surface area contributed by atoms with Gasteiger partial charge in [-0.25, -0.2) is 4.79 Å². The highest BCUT2D eigenvalue weighted by Crippen LogP contribution is 2.36. The van der Waals surface area contributed by atoms with E-state index in [9.17, 15) is 27.6 Å². The zero-order valence-electron chi connectivity index (χ0n) is 14.0. The van der Waals surface area contributed by atoms with Gasteiger partial charge in [-0.05, 0) is 0 Å². The van der Waals surface area contributed by atoms with E-state index in [1.807, 2.05) is 0 Å². The lowest BCUT2D eigenvalue weighted by Crippen LogP contribution is -2.22. The standard InChI is InChI=1S/C15H12N2O3S.C2HF3O2/c16-6-5-11(18)17-10-7-21-15-12(10)13(19)8-3-1-2-4-9(8)14(15)20;3-2(4,5)1(6)7/h1-4,7H,5-6,16H2,(H,17,18);(H,6,7). The summed E-state index contributed by atoms with van der Waals surface area (Å²) in [5, 5.41) is 11.4. The van der Waals surface area contributed by atoms with Crippen molar-refractivity contribution in [1.29, 1.82) is 0 Å². The number of halogens is 3. The summed E-state index contributed by atoms with van der Waals surface area (Å²) in [5.74, 6) is -3.43. The van der Waals surface area contributed by atoms with Crippen LogP contribution >= 0.6 is 11.3 Å². The van der Waals surface area contributed by atoms with E-state index < -0.39 is 12.1 Å². The van der Waals surface area contributed by atoms with E-state index in [2.05, 4.69) is 5.32 Å². The molecule has 1 aliphatic carbocycles. The van der Waals surface area contributed by atoms with Gasteiger partial charge in [0.1, 0.15) is 0 Å². The van der Waals surface area contributed by atoms with Crippen LogP contribution in [0.4, 0.5) is 18.9 Å². The van der Waals surface area contributed by atoms with E-state index in [1.54, 1.807) is 29.6 Å². The molecule has 1 amide bonds. The molecule has 4 N–H and O–H groups in total. The monoisotopic (exact) mass is 414 g/mol. The Hall–Kier alpha value is -3.05. The summed E-state index contributed by atoms with van der Waals surface area (Å²) in [6, 6.07) is 6.72. The number of benzene rings is 1. The van der Waals surface area contributed by atoms with E-state index in [0.29, 0.717) is 21.7 Å². The van der Waals surface area contributed by atoms with Gasteiger partial charge in [0.2, 0.25) is 11.7 Å². The first kappa shape index (κ1) is 21.3. The van der Waals surface area contributed by atoms with Crippen molar-refractivity contribution in [2.24, 2.45) is 5.73 Å². The molecule has 3 rings (SSSR count). The molecule has 1 aromatic carbocycles. The predicted octanol–water partition coefficient (Wildman–Crippen LogP) is 2.44. The van der Waals surface area contributed by atoms with Crippen LogP contribution in [-0.4, -0.2) is 41.3 Å². The number of carbonyl (C=O) groups is 4. The van der Waals surface area contributed by atoms with E-state index >= 15 is 0 Å². The number of anilines is 1. The van der Waals surface area contributed by atoms with Crippen LogP contribution in [0.5, 0.6) is 0 Å². The van der Waals surface area contributed by atoms with Gasteiger partial charge in [-0.1, -0.05) is 24.3 Å². The van der Waals surface area contributed by atoms with Gasteiger partial charge in [0, 0.05) is 29.5 Å². The molecule has 1 aliphatic rings. The fourth-order valence-electron chi connectivity index (χ4n) is 2.32. The normalized spacial score (nSPS) is 12.4. The molecule has 11 heteroatoms. The Balaban J connectivity index is 0.000000345. The molecule has 148 valence electrons. The Bertz CT molecular complexity index is 953. The maximum Gasteiger partial charge on any atom is 0.490 e. The average molecular weight is 414 g/mol. The maximum atomic E-state index is 12.6. The van der Waals surface area contributed by atoms with Gasteiger partial charge in [0.25, 0.3) is 0 Å². The third-order valence-corrected chi connectivity index (χ3v) is 4.51. The highest BCUT2D eigenvalue weighted by atomic mass is 32.1. The molecule has 2 aromatic rings. The highest BCUT2D eigenvalue weighted by molar-refractivity contribution is 7.13. The lowest BCUT2D eigenvalue weighted by Gasteiger charge is -2.15. The molecule has 28 heavy (non-hydrogen) atoms. The van der Waals surface area contributed by atoms with Gasteiger partial charge in [-0.15, -0.1) is 11.3 Å². The van der Waals surface area contributed by atoms with E-state index in [-0.39, 0.29) is 36.0 Å². The van der Waals surface area contributed by atoms with Crippen molar-refractivity contribution in [3.8, 4) is 0 Å². The van der Waals surface area contributed by atoms with E-state index in [4.69, 9.17) is 15.6 Å². The van der Waals surface area contributed by atoms with Crippen LogP contribution in [0.2, 0.25) is 0 Å². The first-order chi connectivity index (χ1) is 13.1. The summed E-state index contributed by atoms with van der Waals surface area (Å²) < 4.78 is 31.7. The molecular formula is C17H13F3N2O5S. The second-order valence-corrected chi connectivity index (χ2v) is 6.33. The molecule has 0 saturated carbocycles. The van der Waals surface area contributed by atoms with Crippen molar-refractivity contribution in [2.75, 3.05) is 11.9 Å². The molecule has 0 bridgehead atoms. The van der Waals surface area contributed by atoms with Crippen molar-refractivity contribution in [3.63, 3.8) is 0 Å². The average Bonchev–Trinajstić information content (AvgIpc) is 3.03. The van der Waals surface area contributed by atoms with Gasteiger partial charge in [-0.3, -0.25) is 14.4 Å². The molecule has 0 unspecified atom stereocenters. The number of ketones is 2. The first-order valence-electron chi connectivity index (χ1n) is 7.67. The maximum absolute atomic E-state index is 12.6. The first-order valence-corrected chi connectivity index (χ1v) is 8.55. The molecule has 0 atom stereocenters. The number of hydrogen-bond donors (Lipinski definition) is 3. The second-order valence-electron chi connectivity index (χ2n) is 5.45. The Kier molecular flexibility index (Phi) is 6.31. The van der Waals surface area contributed by atoms with E-state index in [1.165, 1.54) is 11.3 Å². The summed E-state index contributed by atoms with van der Waals surface area (Å²) in [6.45, 7) is 0.230. The lowest BCUT2D eigenvalue weighted by atomic mass is 9.88. The number of fused-ring (bicyclic) bond motifs is 2. The number of amides is 1. The number of carbonyl (C=O) groups excluding carboxylic acids is 3. The zero-order chi connectivity index (χ0) is 21.1. The van der Waals surface area contributed by atoms with Crippen LogP contribution < -0.4 is 11.1 Å². The molecule has 0 aliphatic heterocycles. The van der Waals surface area contributed by atoms with Crippen molar-refractivity contribution < 1.29 is 37.5 Å². The zero-order valence-corrected chi connectivity index (χ0v) is 14.8. The van der Waals surface area contributed by atoms with Gasteiger partial charge in [0.05, 0.1) is 16.1 Å². The van der Waals surface area contributed by atoms with Gasteiger partial charge in [-0.2, -0.15) is 13.2 Å². The number of nitrogens with two attached hydrogens (primary N) is 1. The third kappa shape index (κ3) is 4.43. The topological polar surface area (TPSA) is 127 Å². The van der Waals surface area contributed by atoms with Gasteiger partial charge >= 0.3 is 12.1 Å². The molecule has 0 spiro atoms. The van der Waals surface area contributed by atoms with Crippen molar-refractivity contribution in [1.82, 2.24) is 0 Å². The molecule has 1 aromatic heterocycles. The summed E-state index contributed by atoms with van der Waals surface area (Å²) in [7, 11) is 0. The smallest absolute Gasteiger partial charge is 0.475 e. The SMILES string of the molecule is NCCC(=O)Nc1csc2c1C(=O)c1ccccc1C2=O.O=C(O)C(F)(F)F. The Morgan fingerprint density at radius 1 is 1.11 bits per heavy atom. The molecule has 0 fully saturated rings. The van der Waals surface area contributed by atoms with Crippen LogP contribution in [-0.2, 0) is 9.59 Å². The minimum absolute atomic E-state index is 0.170. The summed E-state index contributed by atoms with van der Waals surface area (Å²) in [6.07, 6.45) is -4.91. The van der Waals surface area contributed by atoms with Crippen LogP contribution in [0.25, 0.3) is 0 Å². The lowest BCUT2D eigenvalue weighted by molar-refractivity contribution is -0.192. The van der Waals surface area contributed by atoms with Gasteiger partial charge < -0.3 is 16.2 Å². The van der Waals surface area contributed by atoms with Crippen LogP contribution in [0.1, 0.15) is 37.6 Å². The number of aliphatic carboxylic acids is 1. The number of nitrogens with one attached hydrogen (secondary N) is 1. The quantitative estimate of drug-likeness (QED) is 0.604. The number of carboxylic acid groups (broad SMARTS) is 1. The fourth-order valence-corrected chi connectivity index (χ4v) is 3.27. The van der Waals surface area contributed by atoms with Crippen LogP contribution in [0, 0.1) is 0 Å². The van der Waals surface area contributed by atoms with Crippen molar-refractivity contribution >= 4 is 40.5 Å². The number of alkyl halides is 3. The number of hydrogen-bond acceptors (Lipinski definition) is 6. The molecule has 7 nitrogen and oxygen atoms in total. The van der Waals surface area contributed by atoms with Crippen LogP contribution in [0.15, 0.2) is 29.6 Å². The number of rotatable bonds is 3. The summed E-state index contributed by atoms with van der Waals surface area (Å²) in [5.41, 5.74) is 6.80. The van der Waals surface area contributed by atoms with Crippen molar-refractivity contribution in [3.05, 3.63) is 51.2 Å². The van der Waals surface area contributed by atoms with Crippen molar-refractivity contribution in [2.45, 2.75) is 12.6 Å². The molecule has 1 heterocycles. The minimum atomic E-state index is -5.08. The Morgan fingerprint density at radius 2 is 1.64 bits per heavy atom. The number of carboxylic acids is 1. The predicted molar refractivity (Wildman–Crippen MR) is 93.6 cm³/mol. The molecule has 0 saturated heterocycles. The number of thiophene rings is 1. The minimum Gasteiger partial charge on any atom is -0.475 e. The van der Waals surface area contributed by atoms with Gasteiger partial charge in [0.15, 0.2) is 5.78 Å². The fraction of sp³-hybridized carbons (Fsp3) is 0.176.